The van der Waals surface area contributed by atoms with Crippen molar-refractivity contribution in [3.8, 4) is 0 Å². The Morgan fingerprint density at radius 2 is 2.08 bits per heavy atom. The molecule has 1 amide bonds. The van der Waals surface area contributed by atoms with E-state index in [1.165, 1.54) is 0 Å². The van der Waals surface area contributed by atoms with Gasteiger partial charge in [0, 0.05) is 17.8 Å². The molecule has 0 aromatic carbocycles. The first kappa shape index (κ1) is 19.8. The Morgan fingerprint density at radius 1 is 1.36 bits per heavy atom. The van der Waals surface area contributed by atoms with Crippen molar-refractivity contribution >= 4 is 29.7 Å². The standard InChI is InChI=1S/C16H24N6OS.ClH/c1-15(2,3)14-21-20-12(24-14)11-18-13(23)16(5-8-17-9-6-16)22-10-4-7-19-22;/h4,7,10,17H,5-6,8-9,11H2,1-3H3,(H,18,23);1H. The van der Waals surface area contributed by atoms with E-state index in [9.17, 15) is 4.79 Å². The minimum atomic E-state index is -0.619. The van der Waals surface area contributed by atoms with Crippen LogP contribution in [0.3, 0.4) is 0 Å². The summed E-state index contributed by atoms with van der Waals surface area (Å²) in [6, 6.07) is 1.86. The number of amides is 1. The van der Waals surface area contributed by atoms with Crippen molar-refractivity contribution in [1.29, 1.82) is 0 Å². The maximum absolute atomic E-state index is 13.0. The zero-order valence-electron chi connectivity index (χ0n) is 14.8. The molecule has 2 aromatic rings. The zero-order chi connectivity index (χ0) is 17.2. The first-order chi connectivity index (χ1) is 11.4. The van der Waals surface area contributed by atoms with Crippen molar-refractivity contribution < 1.29 is 4.79 Å². The van der Waals surface area contributed by atoms with Gasteiger partial charge >= 0.3 is 0 Å². The average Bonchev–Trinajstić information content (AvgIpc) is 3.24. The number of aromatic nitrogens is 4. The van der Waals surface area contributed by atoms with Crippen LogP contribution in [0.25, 0.3) is 0 Å². The van der Waals surface area contributed by atoms with Crippen LogP contribution < -0.4 is 10.6 Å². The zero-order valence-corrected chi connectivity index (χ0v) is 16.4. The van der Waals surface area contributed by atoms with Crippen LogP contribution in [0.4, 0.5) is 0 Å². The largest absolute Gasteiger partial charge is 0.347 e. The topological polar surface area (TPSA) is 84.7 Å². The van der Waals surface area contributed by atoms with E-state index in [0.717, 1.165) is 35.9 Å². The molecule has 3 rings (SSSR count). The number of piperidine rings is 1. The number of carbonyl (C=O) groups is 1. The summed E-state index contributed by atoms with van der Waals surface area (Å²) in [5.41, 5.74) is -0.641. The van der Waals surface area contributed by atoms with Crippen molar-refractivity contribution in [3.63, 3.8) is 0 Å². The molecule has 138 valence electrons. The lowest BCUT2D eigenvalue weighted by atomic mass is 9.87. The third-order valence-electron chi connectivity index (χ3n) is 4.30. The molecule has 0 spiro atoms. The Hall–Kier alpha value is -1.51. The van der Waals surface area contributed by atoms with E-state index >= 15 is 0 Å². The molecule has 0 atom stereocenters. The molecule has 2 aromatic heterocycles. The molecule has 1 saturated heterocycles. The molecule has 9 heteroatoms. The number of hydrogen-bond acceptors (Lipinski definition) is 6. The van der Waals surface area contributed by atoms with E-state index in [1.807, 2.05) is 12.3 Å². The van der Waals surface area contributed by atoms with Gasteiger partial charge < -0.3 is 10.6 Å². The second-order valence-corrected chi connectivity index (χ2v) is 8.23. The van der Waals surface area contributed by atoms with Gasteiger partial charge in [-0.2, -0.15) is 5.10 Å². The van der Waals surface area contributed by atoms with Crippen LogP contribution in [0.15, 0.2) is 18.5 Å². The number of nitrogens with zero attached hydrogens (tertiary/aromatic N) is 4. The third-order valence-corrected chi connectivity index (χ3v) is 5.65. The molecule has 0 radical (unpaired) electrons. The van der Waals surface area contributed by atoms with Crippen molar-refractivity contribution in [2.75, 3.05) is 13.1 Å². The molecule has 2 N–H and O–H groups in total. The van der Waals surface area contributed by atoms with Gasteiger partial charge in [-0.15, -0.1) is 22.6 Å². The van der Waals surface area contributed by atoms with Crippen molar-refractivity contribution in [2.45, 2.75) is 51.1 Å². The van der Waals surface area contributed by atoms with E-state index in [2.05, 4.69) is 46.7 Å². The molecular weight excluding hydrogens is 360 g/mol. The van der Waals surface area contributed by atoms with Crippen LogP contribution in [-0.4, -0.2) is 39.0 Å². The molecule has 0 aliphatic carbocycles. The summed E-state index contributed by atoms with van der Waals surface area (Å²) in [6.45, 7) is 8.34. The van der Waals surface area contributed by atoms with Gasteiger partial charge in [-0.3, -0.25) is 9.48 Å². The summed E-state index contributed by atoms with van der Waals surface area (Å²) < 4.78 is 1.80. The predicted molar refractivity (Wildman–Crippen MR) is 100 cm³/mol. The second-order valence-electron chi connectivity index (χ2n) is 7.17. The summed E-state index contributed by atoms with van der Waals surface area (Å²) in [7, 11) is 0. The quantitative estimate of drug-likeness (QED) is 0.840. The molecule has 7 nitrogen and oxygen atoms in total. The lowest BCUT2D eigenvalue weighted by molar-refractivity contribution is -0.132. The van der Waals surface area contributed by atoms with Gasteiger partial charge in [0.2, 0.25) is 5.91 Å². The molecule has 1 aliphatic heterocycles. The average molecular weight is 385 g/mol. The fourth-order valence-electron chi connectivity index (χ4n) is 2.87. The normalized spacial score (nSPS) is 16.9. The van der Waals surface area contributed by atoms with Crippen LogP contribution in [0, 0.1) is 0 Å². The fraction of sp³-hybridized carbons (Fsp3) is 0.625. The minimum absolute atomic E-state index is 0. The number of halogens is 1. The van der Waals surface area contributed by atoms with Gasteiger partial charge in [-0.05, 0) is 32.0 Å². The van der Waals surface area contributed by atoms with Crippen molar-refractivity contribution in [2.24, 2.45) is 0 Å². The van der Waals surface area contributed by atoms with E-state index < -0.39 is 5.54 Å². The van der Waals surface area contributed by atoms with Gasteiger partial charge in [0.25, 0.3) is 0 Å². The maximum atomic E-state index is 13.0. The third kappa shape index (κ3) is 4.19. The second kappa shape index (κ2) is 7.80. The molecule has 0 unspecified atom stereocenters. The summed E-state index contributed by atoms with van der Waals surface area (Å²) in [6.07, 6.45) is 5.04. The summed E-state index contributed by atoms with van der Waals surface area (Å²) >= 11 is 1.55. The van der Waals surface area contributed by atoms with Gasteiger partial charge in [0.15, 0.2) is 0 Å². The van der Waals surface area contributed by atoms with Gasteiger partial charge in [-0.25, -0.2) is 0 Å². The highest BCUT2D eigenvalue weighted by atomic mass is 35.5. The Kier molecular flexibility index (Phi) is 6.18. The highest BCUT2D eigenvalue weighted by molar-refractivity contribution is 7.11. The molecule has 0 saturated carbocycles. The highest BCUT2D eigenvalue weighted by Gasteiger charge is 2.41. The van der Waals surface area contributed by atoms with E-state index in [4.69, 9.17) is 0 Å². The first-order valence-electron chi connectivity index (χ1n) is 8.24. The van der Waals surface area contributed by atoms with Gasteiger partial charge in [0.1, 0.15) is 15.6 Å². The van der Waals surface area contributed by atoms with Crippen LogP contribution in [0.1, 0.15) is 43.6 Å². The first-order valence-corrected chi connectivity index (χ1v) is 9.05. The Balaban J connectivity index is 0.00000225. The summed E-state index contributed by atoms with van der Waals surface area (Å²) in [4.78, 5) is 13.0. The van der Waals surface area contributed by atoms with Crippen molar-refractivity contribution in [3.05, 3.63) is 28.5 Å². The molecule has 0 bridgehead atoms. The number of rotatable bonds is 4. The molecule has 1 aliphatic rings. The summed E-state index contributed by atoms with van der Waals surface area (Å²) in [5.74, 6) is 0.000193. The minimum Gasteiger partial charge on any atom is -0.347 e. The van der Waals surface area contributed by atoms with E-state index in [0.29, 0.717) is 6.54 Å². The number of hydrogen-bond donors (Lipinski definition) is 2. The monoisotopic (exact) mass is 384 g/mol. The van der Waals surface area contributed by atoms with Crippen LogP contribution >= 0.6 is 23.7 Å². The lowest BCUT2D eigenvalue weighted by Crippen LogP contribution is -2.54. The lowest BCUT2D eigenvalue weighted by Gasteiger charge is -2.36. The Labute approximate surface area is 158 Å². The highest BCUT2D eigenvalue weighted by Crippen LogP contribution is 2.28. The van der Waals surface area contributed by atoms with E-state index in [-0.39, 0.29) is 23.7 Å². The maximum Gasteiger partial charge on any atom is 0.248 e. The van der Waals surface area contributed by atoms with Gasteiger partial charge in [-0.1, -0.05) is 32.1 Å². The van der Waals surface area contributed by atoms with Crippen LogP contribution in [-0.2, 0) is 22.3 Å². The Bertz CT molecular complexity index is 688. The SMILES string of the molecule is CC(C)(C)c1nnc(CNC(=O)C2(n3cccn3)CCNCC2)s1.Cl. The van der Waals surface area contributed by atoms with Crippen LogP contribution in [0.5, 0.6) is 0 Å². The predicted octanol–water partition coefficient (Wildman–Crippen LogP) is 1.85. The molecule has 25 heavy (non-hydrogen) atoms. The molecule has 1 fully saturated rings. The Morgan fingerprint density at radius 3 is 2.64 bits per heavy atom. The fourth-order valence-corrected chi connectivity index (χ4v) is 3.71. The molecule has 3 heterocycles. The van der Waals surface area contributed by atoms with Gasteiger partial charge in [0.05, 0.1) is 6.54 Å². The smallest absolute Gasteiger partial charge is 0.248 e. The number of carbonyl (C=O) groups excluding carboxylic acids is 1. The number of nitrogens with one attached hydrogen (secondary N) is 2. The summed E-state index contributed by atoms with van der Waals surface area (Å²) in [5, 5.41) is 20.9. The van der Waals surface area contributed by atoms with Crippen molar-refractivity contribution in [1.82, 2.24) is 30.6 Å². The molecular formula is C16H25ClN6OS. The van der Waals surface area contributed by atoms with Crippen LogP contribution in [0.2, 0.25) is 0 Å². The van der Waals surface area contributed by atoms with E-state index in [1.54, 1.807) is 22.2 Å².